The van der Waals surface area contributed by atoms with Crippen molar-refractivity contribution < 1.29 is 9.13 Å². The lowest BCUT2D eigenvalue weighted by atomic mass is 10.3. The number of ether oxygens (including phenoxy) is 1. The maximum absolute atomic E-state index is 13.6. The summed E-state index contributed by atoms with van der Waals surface area (Å²) in [5, 5.41) is 0.196. The fraction of sp³-hybridized carbons (Fsp3) is 0. The number of rotatable bonds is 3. The number of H-pyrrole nitrogens is 1. The Morgan fingerprint density at radius 1 is 1.29 bits per heavy atom. The third-order valence-electron chi connectivity index (χ3n) is 2.75. The number of nitrogens with zero attached hydrogens (tertiary/aromatic N) is 2. The molecule has 0 saturated carbocycles. The van der Waals surface area contributed by atoms with Crippen molar-refractivity contribution in [3.63, 3.8) is 0 Å². The molecule has 0 spiro atoms. The molecule has 2 heterocycles. The second-order valence-corrected chi connectivity index (χ2v) is 4.61. The number of halogens is 2. The Morgan fingerprint density at radius 3 is 2.67 bits per heavy atom. The highest BCUT2D eigenvalue weighted by Gasteiger charge is 2.08. The van der Waals surface area contributed by atoms with E-state index in [1.54, 1.807) is 36.7 Å². The molecular weight excluding hydrogens is 297 g/mol. The van der Waals surface area contributed by atoms with Gasteiger partial charge >= 0.3 is 5.69 Å². The molecule has 0 bridgehead atoms. The number of nitrogens with one attached hydrogen (secondary N) is 1. The van der Waals surface area contributed by atoms with Gasteiger partial charge in [0.05, 0.1) is 10.7 Å². The highest BCUT2D eigenvalue weighted by Crippen LogP contribution is 2.24. The Kier molecular flexibility index (Phi) is 3.45. The Bertz CT molecular complexity index is 827. The Labute approximate surface area is 123 Å². The molecule has 0 fully saturated rings. The van der Waals surface area contributed by atoms with Crippen molar-refractivity contribution in [3.8, 4) is 17.3 Å². The van der Waals surface area contributed by atoms with Crippen LogP contribution in [0.1, 0.15) is 0 Å². The van der Waals surface area contributed by atoms with Crippen LogP contribution in [0.25, 0.3) is 5.69 Å². The summed E-state index contributed by atoms with van der Waals surface area (Å²) in [6, 6.07) is 7.71. The molecule has 5 nitrogen and oxygen atoms in total. The summed E-state index contributed by atoms with van der Waals surface area (Å²) in [6.07, 6.45) is 4.45. The van der Waals surface area contributed by atoms with E-state index in [0.29, 0.717) is 11.4 Å². The summed E-state index contributed by atoms with van der Waals surface area (Å²) in [7, 11) is 0. The summed E-state index contributed by atoms with van der Waals surface area (Å²) < 4.78 is 20.3. The minimum Gasteiger partial charge on any atom is -0.436 e. The van der Waals surface area contributed by atoms with Gasteiger partial charge < -0.3 is 9.72 Å². The van der Waals surface area contributed by atoms with Crippen LogP contribution in [0, 0.1) is 5.82 Å². The van der Waals surface area contributed by atoms with Crippen molar-refractivity contribution >= 4 is 11.6 Å². The van der Waals surface area contributed by atoms with Crippen LogP contribution in [0.15, 0.2) is 53.7 Å². The Hall–Kier alpha value is -2.60. The van der Waals surface area contributed by atoms with Crippen molar-refractivity contribution in [2.24, 2.45) is 0 Å². The topological polar surface area (TPSA) is 59.9 Å². The van der Waals surface area contributed by atoms with Crippen LogP contribution in [0.2, 0.25) is 5.02 Å². The molecule has 3 aromatic rings. The van der Waals surface area contributed by atoms with Crippen LogP contribution in [0.5, 0.6) is 11.6 Å². The standard InChI is InChI=1S/C14H9ClFN3O2/c15-9-7-12(16)13(18-8-9)21-11-3-1-10(2-4-11)19-6-5-17-14(19)20/h1-8H,(H,17,20). The highest BCUT2D eigenvalue weighted by atomic mass is 35.5. The van der Waals surface area contributed by atoms with Gasteiger partial charge in [-0.15, -0.1) is 0 Å². The van der Waals surface area contributed by atoms with Gasteiger partial charge in [0, 0.05) is 18.6 Å². The summed E-state index contributed by atoms with van der Waals surface area (Å²) in [4.78, 5) is 17.8. The van der Waals surface area contributed by atoms with Crippen molar-refractivity contribution in [1.82, 2.24) is 14.5 Å². The molecule has 0 atom stereocenters. The van der Waals surface area contributed by atoms with Crippen LogP contribution >= 0.6 is 11.6 Å². The predicted octanol–water partition coefficient (Wildman–Crippen LogP) is 3.15. The summed E-state index contributed by atoms with van der Waals surface area (Å²) in [5.74, 6) is -0.407. The van der Waals surface area contributed by atoms with E-state index in [1.165, 1.54) is 10.8 Å². The summed E-state index contributed by atoms with van der Waals surface area (Å²) in [6.45, 7) is 0. The monoisotopic (exact) mass is 305 g/mol. The minimum absolute atomic E-state index is 0.161. The van der Waals surface area contributed by atoms with E-state index >= 15 is 0 Å². The quantitative estimate of drug-likeness (QED) is 0.808. The maximum Gasteiger partial charge on any atom is 0.330 e. The Morgan fingerprint density at radius 2 is 2.05 bits per heavy atom. The van der Waals surface area contributed by atoms with Crippen molar-refractivity contribution in [1.29, 1.82) is 0 Å². The molecule has 0 aliphatic carbocycles. The molecule has 2 aromatic heterocycles. The molecule has 0 amide bonds. The number of benzene rings is 1. The zero-order valence-electron chi connectivity index (χ0n) is 10.6. The minimum atomic E-state index is -0.645. The molecule has 3 rings (SSSR count). The first-order chi connectivity index (χ1) is 10.1. The van der Waals surface area contributed by atoms with Crippen molar-refractivity contribution in [2.75, 3.05) is 0 Å². The molecule has 21 heavy (non-hydrogen) atoms. The summed E-state index contributed by atoms with van der Waals surface area (Å²) >= 11 is 5.62. The van der Waals surface area contributed by atoms with Gasteiger partial charge in [0.15, 0.2) is 5.82 Å². The van der Waals surface area contributed by atoms with E-state index in [2.05, 4.69) is 9.97 Å². The molecule has 0 unspecified atom stereocenters. The van der Waals surface area contributed by atoms with Gasteiger partial charge in [-0.3, -0.25) is 4.57 Å². The van der Waals surface area contributed by atoms with Gasteiger partial charge in [-0.1, -0.05) is 11.6 Å². The number of aromatic nitrogens is 3. The number of pyridine rings is 1. The van der Waals surface area contributed by atoms with Crippen molar-refractivity contribution in [3.05, 3.63) is 70.2 Å². The fourth-order valence-corrected chi connectivity index (χ4v) is 1.93. The van der Waals surface area contributed by atoms with E-state index < -0.39 is 5.82 Å². The summed E-state index contributed by atoms with van der Waals surface area (Å²) in [5.41, 5.74) is 0.423. The van der Waals surface area contributed by atoms with Crippen LogP contribution in [0.3, 0.4) is 0 Å². The zero-order chi connectivity index (χ0) is 14.8. The van der Waals surface area contributed by atoms with E-state index in [1.807, 2.05) is 0 Å². The van der Waals surface area contributed by atoms with Gasteiger partial charge in [0.1, 0.15) is 5.75 Å². The Balaban J connectivity index is 1.85. The normalized spacial score (nSPS) is 10.6. The van der Waals surface area contributed by atoms with E-state index in [0.717, 1.165) is 6.07 Å². The lowest BCUT2D eigenvalue weighted by molar-refractivity contribution is 0.423. The zero-order valence-corrected chi connectivity index (χ0v) is 11.3. The third kappa shape index (κ3) is 2.80. The first kappa shape index (κ1) is 13.4. The SMILES string of the molecule is O=c1[nH]ccn1-c1ccc(Oc2ncc(Cl)cc2F)cc1. The second-order valence-electron chi connectivity index (χ2n) is 4.17. The van der Waals surface area contributed by atoms with Gasteiger partial charge in [-0.25, -0.2) is 14.2 Å². The molecule has 1 aromatic carbocycles. The fourth-order valence-electron chi connectivity index (χ4n) is 1.79. The first-order valence-electron chi connectivity index (χ1n) is 5.99. The van der Waals surface area contributed by atoms with Crippen LogP contribution in [-0.4, -0.2) is 14.5 Å². The molecule has 106 valence electrons. The number of hydrogen-bond donors (Lipinski definition) is 1. The van der Waals surface area contributed by atoms with Gasteiger partial charge in [0.25, 0.3) is 5.88 Å². The molecule has 0 aliphatic heterocycles. The van der Waals surface area contributed by atoms with E-state index in [4.69, 9.17) is 16.3 Å². The average molecular weight is 306 g/mol. The first-order valence-corrected chi connectivity index (χ1v) is 6.36. The van der Waals surface area contributed by atoms with Gasteiger partial charge in [-0.2, -0.15) is 0 Å². The van der Waals surface area contributed by atoms with Gasteiger partial charge in [-0.05, 0) is 30.3 Å². The van der Waals surface area contributed by atoms with Crippen LogP contribution < -0.4 is 10.4 Å². The van der Waals surface area contributed by atoms with E-state index in [9.17, 15) is 9.18 Å². The molecule has 7 heteroatoms. The third-order valence-corrected chi connectivity index (χ3v) is 2.96. The molecule has 0 saturated heterocycles. The predicted molar refractivity (Wildman–Crippen MR) is 75.7 cm³/mol. The largest absolute Gasteiger partial charge is 0.436 e. The van der Waals surface area contributed by atoms with E-state index in [-0.39, 0.29) is 16.6 Å². The molecule has 1 N–H and O–H groups in total. The smallest absolute Gasteiger partial charge is 0.330 e. The molecule has 0 aliphatic rings. The van der Waals surface area contributed by atoms with Crippen LogP contribution in [0.4, 0.5) is 4.39 Å². The van der Waals surface area contributed by atoms with Crippen molar-refractivity contribution in [2.45, 2.75) is 0 Å². The van der Waals surface area contributed by atoms with Crippen LogP contribution in [-0.2, 0) is 0 Å². The van der Waals surface area contributed by atoms with Gasteiger partial charge in [0.2, 0.25) is 0 Å². The average Bonchev–Trinajstić information content (AvgIpc) is 2.89. The number of aromatic amines is 1. The second kappa shape index (κ2) is 5.41. The molecular formula is C14H9ClFN3O2. The highest BCUT2D eigenvalue weighted by molar-refractivity contribution is 6.30. The maximum atomic E-state index is 13.6. The number of hydrogen-bond acceptors (Lipinski definition) is 3. The lowest BCUT2D eigenvalue weighted by Crippen LogP contribution is -2.13. The molecule has 0 radical (unpaired) electrons. The number of imidazole rings is 1. The lowest BCUT2D eigenvalue weighted by Gasteiger charge is -2.07.